The number of aromatic nitrogens is 2. The molecule has 4 heteroatoms. The second-order valence-corrected chi connectivity index (χ2v) is 4.46. The molecule has 1 aliphatic heterocycles. The van der Waals surface area contributed by atoms with E-state index in [9.17, 15) is 0 Å². The van der Waals surface area contributed by atoms with Crippen molar-refractivity contribution < 1.29 is 0 Å². The van der Waals surface area contributed by atoms with E-state index in [2.05, 4.69) is 34.8 Å². The molecule has 0 N–H and O–H groups in total. The van der Waals surface area contributed by atoms with Gasteiger partial charge in [-0.1, -0.05) is 0 Å². The topological polar surface area (TPSA) is 24.3 Å². The quantitative estimate of drug-likeness (QED) is 0.723. The van der Waals surface area contributed by atoms with Crippen molar-refractivity contribution in [3.05, 3.63) is 12.3 Å². The van der Waals surface area contributed by atoms with Gasteiger partial charge in [-0.25, -0.2) is 0 Å². The van der Waals surface area contributed by atoms with Crippen LogP contribution in [-0.2, 0) is 7.05 Å². The van der Waals surface area contributed by atoms with Crippen LogP contribution in [0.5, 0.6) is 0 Å². The van der Waals surface area contributed by atoms with Crippen LogP contribution in [-0.4, -0.2) is 46.9 Å². The van der Waals surface area contributed by atoms with Gasteiger partial charge in [0.15, 0.2) is 5.82 Å². The highest BCUT2D eigenvalue weighted by molar-refractivity contribution is 5.37. The van der Waals surface area contributed by atoms with Crippen molar-refractivity contribution in [3.63, 3.8) is 0 Å². The van der Waals surface area contributed by atoms with Gasteiger partial charge >= 0.3 is 0 Å². The molecule has 84 valence electrons. The highest BCUT2D eigenvalue weighted by Gasteiger charge is 2.19. The Hall–Kier alpha value is -1.03. The van der Waals surface area contributed by atoms with Crippen molar-refractivity contribution in [1.29, 1.82) is 0 Å². The molecule has 0 atom stereocenters. The van der Waals surface area contributed by atoms with Crippen LogP contribution in [0.15, 0.2) is 12.3 Å². The minimum atomic E-state index is 0.663. The average molecular weight is 208 g/mol. The maximum atomic E-state index is 4.43. The molecule has 2 heterocycles. The number of anilines is 1. The monoisotopic (exact) mass is 208 g/mol. The molecule has 15 heavy (non-hydrogen) atoms. The summed E-state index contributed by atoms with van der Waals surface area (Å²) >= 11 is 0. The summed E-state index contributed by atoms with van der Waals surface area (Å²) in [7, 11) is 1.97. The first-order valence-corrected chi connectivity index (χ1v) is 5.65. The van der Waals surface area contributed by atoms with Gasteiger partial charge in [-0.3, -0.25) is 9.58 Å². The van der Waals surface area contributed by atoms with Crippen LogP contribution in [0.4, 0.5) is 5.82 Å². The first-order valence-electron chi connectivity index (χ1n) is 5.65. The van der Waals surface area contributed by atoms with Gasteiger partial charge in [0.2, 0.25) is 0 Å². The van der Waals surface area contributed by atoms with Gasteiger partial charge in [-0.2, -0.15) is 5.10 Å². The predicted octanol–water partition coefficient (Wildman–Crippen LogP) is 0.950. The van der Waals surface area contributed by atoms with Crippen molar-refractivity contribution >= 4 is 5.82 Å². The number of nitrogens with zero attached hydrogens (tertiary/aromatic N) is 4. The molecule has 1 aromatic heterocycles. The van der Waals surface area contributed by atoms with E-state index in [0.29, 0.717) is 6.04 Å². The standard InChI is InChI=1S/C11H20N4/c1-10(2)14-6-8-15(9-7-14)11-4-5-13(3)12-11/h4-5,10H,6-9H2,1-3H3. The summed E-state index contributed by atoms with van der Waals surface area (Å²) in [6.45, 7) is 9.00. The molecular weight excluding hydrogens is 188 g/mol. The lowest BCUT2D eigenvalue weighted by molar-refractivity contribution is 0.209. The van der Waals surface area contributed by atoms with Crippen LogP contribution in [0.2, 0.25) is 0 Å². The number of rotatable bonds is 2. The fraction of sp³-hybridized carbons (Fsp3) is 0.727. The third-order valence-electron chi connectivity index (χ3n) is 3.07. The Labute approximate surface area is 91.5 Å². The van der Waals surface area contributed by atoms with Gasteiger partial charge in [0, 0.05) is 51.5 Å². The van der Waals surface area contributed by atoms with Crippen LogP contribution >= 0.6 is 0 Å². The molecule has 0 bridgehead atoms. The van der Waals surface area contributed by atoms with Crippen LogP contribution in [0.1, 0.15) is 13.8 Å². The zero-order chi connectivity index (χ0) is 10.8. The van der Waals surface area contributed by atoms with Gasteiger partial charge in [0.1, 0.15) is 0 Å². The van der Waals surface area contributed by atoms with Gasteiger partial charge in [0.05, 0.1) is 0 Å². The van der Waals surface area contributed by atoms with E-state index in [4.69, 9.17) is 0 Å². The van der Waals surface area contributed by atoms with Gasteiger partial charge in [0.25, 0.3) is 0 Å². The Bertz CT molecular complexity index is 310. The van der Waals surface area contributed by atoms with Crippen molar-refractivity contribution in [1.82, 2.24) is 14.7 Å². The minimum absolute atomic E-state index is 0.663. The third kappa shape index (κ3) is 2.31. The highest BCUT2D eigenvalue weighted by atomic mass is 15.4. The summed E-state index contributed by atoms with van der Waals surface area (Å²) in [5.41, 5.74) is 0. The van der Waals surface area contributed by atoms with Crippen molar-refractivity contribution in [2.45, 2.75) is 19.9 Å². The second-order valence-electron chi connectivity index (χ2n) is 4.46. The number of aryl methyl sites for hydroxylation is 1. The lowest BCUT2D eigenvalue weighted by Gasteiger charge is -2.36. The molecule has 0 aliphatic carbocycles. The summed E-state index contributed by atoms with van der Waals surface area (Å²) in [6, 6.07) is 2.75. The molecule has 0 amide bonds. The molecule has 1 fully saturated rings. The zero-order valence-electron chi connectivity index (χ0n) is 9.85. The van der Waals surface area contributed by atoms with Gasteiger partial charge in [-0.15, -0.1) is 0 Å². The molecule has 0 unspecified atom stereocenters. The number of piperazine rings is 1. The second kappa shape index (κ2) is 4.23. The first kappa shape index (κ1) is 10.5. The summed E-state index contributed by atoms with van der Waals surface area (Å²) in [5, 5.41) is 4.43. The Kier molecular flexibility index (Phi) is 2.95. The van der Waals surface area contributed by atoms with Crippen molar-refractivity contribution in [2.75, 3.05) is 31.1 Å². The van der Waals surface area contributed by atoms with E-state index in [0.717, 1.165) is 32.0 Å². The maximum Gasteiger partial charge on any atom is 0.150 e. The minimum Gasteiger partial charge on any atom is -0.353 e. The first-order chi connectivity index (χ1) is 7.16. The molecule has 2 rings (SSSR count). The van der Waals surface area contributed by atoms with E-state index in [-0.39, 0.29) is 0 Å². The molecule has 4 nitrogen and oxygen atoms in total. The van der Waals surface area contributed by atoms with Gasteiger partial charge in [-0.05, 0) is 13.8 Å². The van der Waals surface area contributed by atoms with Crippen molar-refractivity contribution in [3.8, 4) is 0 Å². The van der Waals surface area contributed by atoms with E-state index in [1.165, 1.54) is 0 Å². The van der Waals surface area contributed by atoms with Gasteiger partial charge < -0.3 is 4.90 Å². The number of hydrogen-bond acceptors (Lipinski definition) is 3. The molecule has 0 radical (unpaired) electrons. The fourth-order valence-corrected chi connectivity index (χ4v) is 2.04. The SMILES string of the molecule is CC(C)N1CCN(c2ccn(C)n2)CC1. The largest absolute Gasteiger partial charge is 0.353 e. The summed E-state index contributed by atoms with van der Waals surface area (Å²) in [4.78, 5) is 4.87. The molecule has 1 aliphatic rings. The lowest BCUT2D eigenvalue weighted by Crippen LogP contribution is -2.49. The normalized spacial score (nSPS) is 18.8. The average Bonchev–Trinajstić information content (AvgIpc) is 2.65. The Balaban J connectivity index is 1.93. The number of hydrogen-bond donors (Lipinski definition) is 0. The van der Waals surface area contributed by atoms with E-state index >= 15 is 0 Å². The smallest absolute Gasteiger partial charge is 0.150 e. The van der Waals surface area contributed by atoms with E-state index in [1.54, 1.807) is 0 Å². The summed E-state index contributed by atoms with van der Waals surface area (Å²) in [5.74, 6) is 1.11. The molecule has 1 aromatic rings. The Morgan fingerprint density at radius 3 is 2.33 bits per heavy atom. The van der Waals surface area contributed by atoms with Crippen LogP contribution < -0.4 is 4.90 Å². The molecule has 0 saturated carbocycles. The Morgan fingerprint density at radius 1 is 1.20 bits per heavy atom. The Morgan fingerprint density at radius 2 is 1.87 bits per heavy atom. The van der Waals surface area contributed by atoms with Crippen molar-refractivity contribution in [2.24, 2.45) is 7.05 Å². The predicted molar refractivity (Wildman–Crippen MR) is 62.1 cm³/mol. The zero-order valence-corrected chi connectivity index (χ0v) is 9.85. The van der Waals surface area contributed by atoms with Crippen LogP contribution in [0.25, 0.3) is 0 Å². The fourth-order valence-electron chi connectivity index (χ4n) is 2.04. The summed E-state index contributed by atoms with van der Waals surface area (Å²) < 4.78 is 1.87. The van der Waals surface area contributed by atoms with E-state index < -0.39 is 0 Å². The molecular formula is C11H20N4. The lowest BCUT2D eigenvalue weighted by atomic mass is 10.2. The highest BCUT2D eigenvalue weighted by Crippen LogP contribution is 2.13. The van der Waals surface area contributed by atoms with Crippen LogP contribution in [0, 0.1) is 0 Å². The maximum absolute atomic E-state index is 4.43. The third-order valence-corrected chi connectivity index (χ3v) is 3.07. The molecule has 1 saturated heterocycles. The van der Waals surface area contributed by atoms with Crippen LogP contribution in [0.3, 0.4) is 0 Å². The van der Waals surface area contributed by atoms with E-state index in [1.807, 2.05) is 17.9 Å². The molecule has 0 aromatic carbocycles. The summed E-state index contributed by atoms with van der Waals surface area (Å²) in [6.07, 6.45) is 2.00. The molecule has 0 spiro atoms.